The van der Waals surface area contributed by atoms with Crippen LogP contribution in [-0.2, 0) is 78.2 Å². The van der Waals surface area contributed by atoms with Gasteiger partial charge in [0.1, 0.15) is 54.6 Å². The summed E-state index contributed by atoms with van der Waals surface area (Å²) in [7, 11) is -27.1. The van der Waals surface area contributed by atoms with Gasteiger partial charge in [0.2, 0.25) is 0 Å². The number of nitrogens with one attached hydrogen (secondary N) is 1. The monoisotopic (exact) mass is 1080 g/mol. The summed E-state index contributed by atoms with van der Waals surface area (Å²) in [5.74, 6) is -1.91. The van der Waals surface area contributed by atoms with Crippen molar-refractivity contribution in [3.63, 3.8) is 0 Å². The average Bonchev–Trinajstić information content (AvgIpc) is 3.23. The molecule has 0 heterocycles. The number of benzene rings is 4. The van der Waals surface area contributed by atoms with Crippen molar-refractivity contribution in [2.75, 3.05) is 49.9 Å². The first-order chi connectivity index (χ1) is 31.0. The van der Waals surface area contributed by atoms with Gasteiger partial charge in [0.05, 0.1) is 53.0 Å². The summed E-state index contributed by atoms with van der Waals surface area (Å²) in [5.41, 5.74) is 2.21. The minimum absolute atomic E-state index is 0.0238. The van der Waals surface area contributed by atoms with E-state index in [0.717, 1.165) is 42.5 Å². The van der Waals surface area contributed by atoms with E-state index in [-0.39, 0.29) is 29.4 Å². The largest absolute Gasteiger partial charge is 0.497 e. The number of anilines is 2. The highest BCUT2D eigenvalue weighted by molar-refractivity contribution is 7.92. The van der Waals surface area contributed by atoms with Crippen molar-refractivity contribution in [3.05, 3.63) is 60.7 Å². The molecule has 0 aliphatic carbocycles. The third kappa shape index (κ3) is 14.9. The Kier molecular flexibility index (Phi) is 17.7. The molecule has 0 spiro atoms. The Morgan fingerprint density at radius 1 is 0.597 bits per heavy atom. The molecular formula is C30H32N8O22S7. The highest BCUT2D eigenvalue weighted by Gasteiger charge is 2.26. The number of hydrogen-bond acceptors (Lipinski definition) is 27. The Morgan fingerprint density at radius 3 is 1.51 bits per heavy atom. The van der Waals surface area contributed by atoms with Gasteiger partial charge in [-0.25, -0.2) is 26.3 Å². The van der Waals surface area contributed by atoms with Gasteiger partial charge in [0.25, 0.3) is 30.4 Å². The molecule has 0 bridgehead atoms. The zero-order chi connectivity index (χ0) is 50.2. The number of nitrogen functional groups attached to an aromatic ring is 1. The lowest BCUT2D eigenvalue weighted by Gasteiger charge is -2.13. The molecule has 0 aromatic heterocycles. The van der Waals surface area contributed by atoms with Crippen LogP contribution >= 0.6 is 12.3 Å². The third-order valence-corrected chi connectivity index (χ3v) is 14.9. The highest BCUT2D eigenvalue weighted by Crippen LogP contribution is 2.48. The summed E-state index contributed by atoms with van der Waals surface area (Å²) in [6.07, 6.45) is 0. The van der Waals surface area contributed by atoms with Crippen LogP contribution in [0.2, 0.25) is 0 Å². The smallest absolute Gasteiger partial charge is 0.397 e. The number of rotatable bonds is 23. The van der Waals surface area contributed by atoms with Crippen LogP contribution in [0.25, 0.3) is 0 Å². The molecule has 0 amide bonds. The fourth-order valence-corrected chi connectivity index (χ4v) is 10.1. The van der Waals surface area contributed by atoms with Gasteiger partial charge in [0, 0.05) is 13.1 Å². The van der Waals surface area contributed by atoms with E-state index in [9.17, 15) is 64.2 Å². The molecule has 0 atom stereocenters. The van der Waals surface area contributed by atoms with Gasteiger partial charge in [-0.1, -0.05) is 5.04 Å². The zero-order valence-electron chi connectivity index (χ0n) is 33.4. The summed E-state index contributed by atoms with van der Waals surface area (Å²) in [4.78, 5) is -4.51. The third-order valence-electron chi connectivity index (χ3n) is 8.04. The van der Waals surface area contributed by atoms with E-state index in [1.807, 2.05) is 0 Å². The van der Waals surface area contributed by atoms with Gasteiger partial charge in [-0.15, -0.1) is 35.0 Å². The van der Waals surface area contributed by atoms with Crippen molar-refractivity contribution in [3.8, 4) is 5.75 Å². The zero-order valence-corrected chi connectivity index (χ0v) is 39.1. The molecule has 37 heteroatoms. The van der Waals surface area contributed by atoms with Crippen molar-refractivity contribution in [1.29, 1.82) is 0 Å². The fraction of sp³-hybridized carbons (Fsp3) is 0.200. The molecule has 4 aromatic rings. The van der Waals surface area contributed by atoms with Crippen LogP contribution in [0, 0.1) is 0 Å². The van der Waals surface area contributed by atoms with Crippen molar-refractivity contribution in [1.82, 2.24) is 0 Å². The van der Waals surface area contributed by atoms with Crippen molar-refractivity contribution in [2.45, 2.75) is 24.5 Å². The van der Waals surface area contributed by atoms with Gasteiger partial charge >= 0.3 is 10.4 Å². The van der Waals surface area contributed by atoms with Crippen molar-refractivity contribution >= 4 is 118 Å². The van der Waals surface area contributed by atoms with Crippen molar-refractivity contribution < 1.29 is 96.5 Å². The lowest BCUT2D eigenvalue weighted by atomic mass is 10.1. The van der Waals surface area contributed by atoms with Crippen LogP contribution in [0.3, 0.4) is 0 Å². The Balaban J connectivity index is 1.94. The Hall–Kier alpha value is -5.23. The minimum Gasteiger partial charge on any atom is -0.497 e. The molecular weight excluding hydrogens is 1050 g/mol. The molecule has 4 rings (SSSR count). The first-order valence-corrected chi connectivity index (χ1v) is 26.8. The predicted octanol–water partition coefficient (Wildman–Crippen LogP) is 4.67. The highest BCUT2D eigenvalue weighted by atomic mass is 32.3. The van der Waals surface area contributed by atoms with E-state index >= 15 is 0 Å². The Labute approximate surface area is 384 Å². The van der Waals surface area contributed by atoms with Gasteiger partial charge in [0.15, 0.2) is 32.0 Å². The first-order valence-electron chi connectivity index (χ1n) is 17.1. The molecule has 366 valence electrons. The van der Waals surface area contributed by atoms with E-state index < -0.39 is 144 Å². The number of hydrogen-bond donors (Lipinski definition) is 7. The molecule has 30 nitrogen and oxygen atoms in total. The minimum atomic E-state index is -5.35. The summed E-state index contributed by atoms with van der Waals surface area (Å²) < 4.78 is 204. The summed E-state index contributed by atoms with van der Waals surface area (Å²) >= 11 is 0.0644. The van der Waals surface area contributed by atoms with Gasteiger partial charge < -0.3 is 15.8 Å². The molecule has 0 radical (unpaired) electrons. The number of methoxy groups -OCH3 is 1. The van der Waals surface area contributed by atoms with Crippen LogP contribution < -0.4 is 15.8 Å². The molecule has 8 N–H and O–H groups in total. The molecule has 0 fully saturated rings. The average molecular weight is 1080 g/mol. The molecule has 0 unspecified atom stereocenters. The van der Waals surface area contributed by atoms with Crippen LogP contribution in [-0.4, -0.2) is 113 Å². The maximum absolute atomic E-state index is 12.9. The number of nitrogens with two attached hydrogens (primary N) is 1. The lowest BCUT2D eigenvalue weighted by Crippen LogP contribution is -2.16. The quantitative estimate of drug-likeness (QED) is 0.0101. The maximum Gasteiger partial charge on any atom is 0.397 e. The Morgan fingerprint density at radius 2 is 1.04 bits per heavy atom. The van der Waals surface area contributed by atoms with Gasteiger partial charge in [-0.05, 0) is 54.6 Å². The van der Waals surface area contributed by atoms with E-state index in [2.05, 4.69) is 49.6 Å². The second-order valence-electron chi connectivity index (χ2n) is 12.3. The van der Waals surface area contributed by atoms with Crippen LogP contribution in [0.4, 0.5) is 45.5 Å². The molecule has 4 aromatic carbocycles. The standard InChI is InChI=1S/C30H32N8O22S7/c1-32-29-24(37-34-20-6-3-17(56-2)13-25(20)64(44,45)46)16-23(36-33-21-7-4-18(14-26(21)65(47,48)49)62(40,41)11-9-57-61-60-59-39)28(31)30(29)38-35-22-8-5-19(15-27(22)66(50,51)52)63(42,43)12-10-58-67(53,54)55/h3-8,13-16,32,39H,9-12,31H2,1-2H3,(H,44,45,46)(H,47,48,49)(H,50,51,52)(H,53,54,55). The van der Waals surface area contributed by atoms with Crippen LogP contribution in [0.15, 0.2) is 116 Å². The second-order valence-corrected chi connectivity index (χ2v) is 22.3. The normalized spacial score (nSPS) is 13.2. The number of nitrogens with zero attached hydrogens (tertiary/aromatic N) is 6. The SMILES string of the molecule is CNc1c(N=Nc2ccc(OC)cc2S(=O)(=O)O)cc(N=Nc2ccc(S(=O)(=O)CCOSOOO)cc2S(=O)(=O)O)c(N)c1N=Nc1ccc(S(=O)(=O)CCOS(=O)(=O)O)cc1S(=O)(=O)O. The first kappa shape index (κ1) is 54.4. The van der Waals surface area contributed by atoms with Crippen LogP contribution in [0.1, 0.15) is 0 Å². The summed E-state index contributed by atoms with van der Waals surface area (Å²) in [5, 5.41) is 37.4. The van der Waals surface area contributed by atoms with E-state index in [0.29, 0.717) is 12.1 Å². The molecule has 0 saturated carbocycles. The summed E-state index contributed by atoms with van der Waals surface area (Å²) in [6.45, 7) is -1.67. The number of azo groups is 3. The lowest BCUT2D eigenvalue weighted by molar-refractivity contribution is -0.434. The molecule has 0 aliphatic rings. The van der Waals surface area contributed by atoms with Crippen LogP contribution in [0.5, 0.6) is 5.75 Å². The maximum atomic E-state index is 12.9. The number of ether oxygens (including phenoxy) is 1. The molecule has 0 saturated heterocycles. The number of sulfone groups is 2. The predicted molar refractivity (Wildman–Crippen MR) is 228 cm³/mol. The Bertz CT molecular complexity index is 3320. The molecule has 67 heavy (non-hydrogen) atoms. The second kappa shape index (κ2) is 21.8. The summed E-state index contributed by atoms with van der Waals surface area (Å²) in [6, 6.07) is 8.42. The fourth-order valence-electron chi connectivity index (χ4n) is 5.05. The molecule has 0 aliphatic heterocycles. The van der Waals surface area contributed by atoms with Gasteiger partial charge in [-0.3, -0.25) is 22.4 Å². The van der Waals surface area contributed by atoms with E-state index in [1.54, 1.807) is 0 Å². The van der Waals surface area contributed by atoms with E-state index in [1.165, 1.54) is 20.2 Å². The van der Waals surface area contributed by atoms with Gasteiger partial charge in [-0.2, -0.15) is 33.7 Å². The van der Waals surface area contributed by atoms with E-state index in [4.69, 9.17) is 24.5 Å². The topological polar surface area (TPSA) is 464 Å². The van der Waals surface area contributed by atoms with Crippen molar-refractivity contribution in [2.24, 2.45) is 30.7 Å².